The molecule has 1 nitrogen and oxygen atoms in total. The van der Waals surface area contributed by atoms with E-state index in [0.29, 0.717) is 6.04 Å². The number of rotatable bonds is 1. The molecule has 4 aliphatic carbocycles. The molecule has 7 rings (SSSR count). The van der Waals surface area contributed by atoms with Gasteiger partial charge in [-0.05, 0) is 92.4 Å². The predicted molar refractivity (Wildman–Crippen MR) is 107 cm³/mol. The Kier molecular flexibility index (Phi) is 3.03. The van der Waals surface area contributed by atoms with Gasteiger partial charge in [0.05, 0.1) is 11.6 Å². The van der Waals surface area contributed by atoms with E-state index >= 15 is 0 Å². The number of fused-ring (bicyclic) bond motifs is 1. The molecule has 0 N–H and O–H groups in total. The number of hydrogen-bond donors (Lipinski definition) is 0. The smallest absolute Gasteiger partial charge is 0.0720 e. The van der Waals surface area contributed by atoms with Crippen LogP contribution in [0.25, 0.3) is 0 Å². The zero-order valence-corrected chi connectivity index (χ0v) is 16.0. The fourth-order valence-electron chi connectivity index (χ4n) is 7.79. The Morgan fingerprint density at radius 1 is 0.808 bits per heavy atom. The predicted octanol–water partition coefficient (Wildman–Crippen LogP) is 6.23. The van der Waals surface area contributed by atoms with Crippen molar-refractivity contribution in [2.24, 2.45) is 23.7 Å². The average Bonchev–Trinajstić information content (AvgIpc) is 2.90. The van der Waals surface area contributed by atoms with Crippen molar-refractivity contribution in [2.75, 3.05) is 4.90 Å². The van der Waals surface area contributed by atoms with Crippen LogP contribution in [0.5, 0.6) is 0 Å². The van der Waals surface area contributed by atoms with Gasteiger partial charge in [-0.1, -0.05) is 42.5 Å². The minimum absolute atomic E-state index is 0.246. The second-order valence-corrected chi connectivity index (χ2v) is 9.55. The molecule has 2 aromatic rings. The third kappa shape index (κ3) is 1.73. The number of aryl methyl sites for hydroxylation is 1. The first-order chi connectivity index (χ1) is 12.7. The van der Waals surface area contributed by atoms with E-state index in [1.807, 2.05) is 0 Å². The molecule has 5 aliphatic rings. The molecule has 1 heteroatoms. The topological polar surface area (TPSA) is 3.24 Å². The molecule has 0 radical (unpaired) electrons. The van der Waals surface area contributed by atoms with E-state index in [4.69, 9.17) is 0 Å². The fourth-order valence-corrected chi connectivity index (χ4v) is 7.79. The standard InChI is InChI=1S/C25H29N/c1-16-7-3-6-10-24(16)26-17(2)22-8-4-5-9-23(22)25(26)20-12-18-11-19(14-20)15-21(25)13-18/h3-10,17-21H,11-15H2,1-2H3/t17-,18?,19?,20?,21?,25?/m0/s1. The van der Waals surface area contributed by atoms with Crippen LogP contribution in [0, 0.1) is 30.6 Å². The van der Waals surface area contributed by atoms with E-state index in [2.05, 4.69) is 67.3 Å². The van der Waals surface area contributed by atoms with Crippen LogP contribution in [-0.2, 0) is 5.54 Å². The van der Waals surface area contributed by atoms with E-state index in [9.17, 15) is 0 Å². The molecule has 26 heavy (non-hydrogen) atoms. The second kappa shape index (κ2) is 5.15. The molecule has 2 aromatic carbocycles. The molecular formula is C25H29N. The Balaban J connectivity index is 1.62. The first kappa shape index (κ1) is 15.3. The molecule has 0 unspecified atom stereocenters. The molecule has 0 aromatic heterocycles. The first-order valence-electron chi connectivity index (χ1n) is 10.6. The summed E-state index contributed by atoms with van der Waals surface area (Å²) in [4.78, 5) is 2.89. The van der Waals surface area contributed by atoms with Gasteiger partial charge in [0, 0.05) is 5.69 Å². The van der Waals surface area contributed by atoms with E-state index in [0.717, 1.165) is 23.7 Å². The van der Waals surface area contributed by atoms with Crippen LogP contribution in [0.15, 0.2) is 48.5 Å². The van der Waals surface area contributed by atoms with Crippen molar-refractivity contribution in [3.8, 4) is 0 Å². The number of anilines is 1. The van der Waals surface area contributed by atoms with Gasteiger partial charge in [0.15, 0.2) is 0 Å². The van der Waals surface area contributed by atoms with Gasteiger partial charge >= 0.3 is 0 Å². The highest BCUT2D eigenvalue weighted by molar-refractivity contribution is 5.64. The molecule has 1 atom stereocenters. The monoisotopic (exact) mass is 343 g/mol. The summed E-state index contributed by atoms with van der Waals surface area (Å²) >= 11 is 0. The number of nitrogens with zero attached hydrogens (tertiary/aromatic N) is 1. The maximum Gasteiger partial charge on any atom is 0.0720 e. The Labute approximate surface area is 157 Å². The van der Waals surface area contributed by atoms with Gasteiger partial charge in [-0.2, -0.15) is 0 Å². The van der Waals surface area contributed by atoms with Gasteiger partial charge in [-0.3, -0.25) is 0 Å². The van der Waals surface area contributed by atoms with Crippen molar-refractivity contribution in [1.82, 2.24) is 0 Å². The molecule has 4 bridgehead atoms. The lowest BCUT2D eigenvalue weighted by Crippen LogP contribution is -2.62. The molecule has 1 aliphatic heterocycles. The zero-order valence-electron chi connectivity index (χ0n) is 16.0. The van der Waals surface area contributed by atoms with Gasteiger partial charge in [-0.15, -0.1) is 0 Å². The van der Waals surface area contributed by atoms with E-state index in [-0.39, 0.29) is 5.54 Å². The molecule has 1 spiro atoms. The third-order valence-electron chi connectivity index (χ3n) is 8.39. The molecule has 134 valence electrons. The summed E-state index contributed by atoms with van der Waals surface area (Å²) in [6.07, 6.45) is 7.34. The molecule has 0 amide bonds. The van der Waals surface area contributed by atoms with Crippen LogP contribution in [-0.4, -0.2) is 0 Å². The Bertz CT molecular complexity index is 838. The summed E-state index contributed by atoms with van der Waals surface area (Å²) in [7, 11) is 0. The van der Waals surface area contributed by atoms with E-state index in [1.54, 1.807) is 11.1 Å². The number of para-hydroxylation sites is 1. The van der Waals surface area contributed by atoms with Gasteiger partial charge in [0.1, 0.15) is 0 Å². The second-order valence-electron chi connectivity index (χ2n) is 9.55. The van der Waals surface area contributed by atoms with Gasteiger partial charge in [0.2, 0.25) is 0 Å². The van der Waals surface area contributed by atoms with Crippen LogP contribution in [0.2, 0.25) is 0 Å². The highest BCUT2D eigenvalue weighted by Crippen LogP contribution is 2.68. The SMILES string of the molecule is Cc1ccccc1N1[C@@H](C)c2ccccc2C12C1CC3CC(C1)CC2C3. The average molecular weight is 344 g/mol. The molecule has 4 fully saturated rings. The largest absolute Gasteiger partial charge is 0.354 e. The van der Waals surface area contributed by atoms with Crippen LogP contribution < -0.4 is 4.90 Å². The lowest BCUT2D eigenvalue weighted by molar-refractivity contribution is -0.0602. The van der Waals surface area contributed by atoms with E-state index < -0.39 is 0 Å². The van der Waals surface area contributed by atoms with Crippen LogP contribution in [0.1, 0.15) is 61.8 Å². The molecule has 1 heterocycles. The summed E-state index contributed by atoms with van der Waals surface area (Å²) in [5.41, 5.74) is 6.41. The normalized spacial score (nSPS) is 39.6. The van der Waals surface area contributed by atoms with Crippen molar-refractivity contribution in [1.29, 1.82) is 0 Å². The van der Waals surface area contributed by atoms with Crippen LogP contribution in [0.4, 0.5) is 5.69 Å². The lowest BCUT2D eigenvalue weighted by atomic mass is 9.47. The van der Waals surface area contributed by atoms with E-state index in [1.165, 1.54) is 43.4 Å². The van der Waals surface area contributed by atoms with Gasteiger partial charge in [0.25, 0.3) is 0 Å². The molecule has 4 saturated carbocycles. The summed E-state index contributed by atoms with van der Waals surface area (Å²) in [6.45, 7) is 4.75. The van der Waals surface area contributed by atoms with Crippen molar-refractivity contribution < 1.29 is 0 Å². The quantitative estimate of drug-likeness (QED) is 0.593. The molecule has 0 saturated heterocycles. The summed E-state index contributed by atoms with van der Waals surface area (Å²) in [5.74, 6) is 3.68. The van der Waals surface area contributed by atoms with Crippen molar-refractivity contribution >= 4 is 5.69 Å². The highest BCUT2D eigenvalue weighted by Gasteiger charge is 2.64. The van der Waals surface area contributed by atoms with Gasteiger partial charge < -0.3 is 4.90 Å². The molecular weight excluding hydrogens is 314 g/mol. The minimum Gasteiger partial charge on any atom is -0.354 e. The summed E-state index contributed by atoms with van der Waals surface area (Å²) in [6, 6.07) is 19.0. The first-order valence-corrected chi connectivity index (χ1v) is 10.6. The Morgan fingerprint density at radius 3 is 2.12 bits per heavy atom. The van der Waals surface area contributed by atoms with Crippen molar-refractivity contribution in [2.45, 2.75) is 57.5 Å². The highest BCUT2D eigenvalue weighted by atomic mass is 15.3. The number of benzene rings is 2. The van der Waals surface area contributed by atoms with Crippen LogP contribution >= 0.6 is 0 Å². The number of hydrogen-bond acceptors (Lipinski definition) is 1. The Morgan fingerprint density at radius 2 is 1.42 bits per heavy atom. The summed E-state index contributed by atoms with van der Waals surface area (Å²) in [5, 5.41) is 0. The third-order valence-corrected chi connectivity index (χ3v) is 8.39. The van der Waals surface area contributed by atoms with Gasteiger partial charge in [-0.25, -0.2) is 0 Å². The van der Waals surface area contributed by atoms with Crippen molar-refractivity contribution in [3.05, 3.63) is 65.2 Å². The fraction of sp³-hybridized carbons (Fsp3) is 0.520. The zero-order chi connectivity index (χ0) is 17.5. The maximum absolute atomic E-state index is 2.89. The van der Waals surface area contributed by atoms with Crippen molar-refractivity contribution in [3.63, 3.8) is 0 Å². The lowest BCUT2D eigenvalue weighted by Gasteiger charge is -2.64. The Hall–Kier alpha value is -1.76. The van der Waals surface area contributed by atoms with Crippen LogP contribution in [0.3, 0.4) is 0 Å². The minimum atomic E-state index is 0.246. The summed E-state index contributed by atoms with van der Waals surface area (Å²) < 4.78 is 0. The maximum atomic E-state index is 2.89.